The van der Waals surface area contributed by atoms with Crippen molar-refractivity contribution in [3.05, 3.63) is 41.7 Å². The number of allylic oxidation sites excluding steroid dienone is 1. The Kier molecular flexibility index (Phi) is 10.1. The lowest BCUT2D eigenvalue weighted by Gasteiger charge is -2.22. The highest BCUT2D eigenvalue weighted by molar-refractivity contribution is 6.70. The Bertz CT molecular complexity index is 436. The van der Waals surface area contributed by atoms with Gasteiger partial charge in [-0.05, 0) is 37.3 Å². The van der Waals surface area contributed by atoms with Gasteiger partial charge in [0.2, 0.25) is 8.32 Å². The van der Waals surface area contributed by atoms with Gasteiger partial charge in [0.05, 0.1) is 5.76 Å². The molecule has 4 nitrogen and oxygen atoms in total. The molecule has 1 aromatic carbocycles. The summed E-state index contributed by atoms with van der Waals surface area (Å²) in [4.78, 5) is 0. The summed E-state index contributed by atoms with van der Waals surface area (Å²) in [5.74, 6) is 1.10. The summed E-state index contributed by atoms with van der Waals surface area (Å²) < 4.78 is 22.5. The highest BCUT2D eigenvalue weighted by Crippen LogP contribution is 2.18. The van der Waals surface area contributed by atoms with Gasteiger partial charge in [-0.25, -0.2) is 0 Å². The van der Waals surface area contributed by atoms with Gasteiger partial charge >= 0.3 is 0 Å². The van der Waals surface area contributed by atoms with Crippen molar-refractivity contribution in [3.63, 3.8) is 0 Å². The third kappa shape index (κ3) is 10.5. The second-order valence-electron chi connectivity index (χ2n) is 5.98. The van der Waals surface area contributed by atoms with E-state index in [9.17, 15) is 0 Å². The van der Waals surface area contributed by atoms with Crippen molar-refractivity contribution in [3.8, 4) is 0 Å². The topological polar surface area (TPSA) is 36.9 Å². The Morgan fingerprint density at radius 1 is 1.14 bits per heavy atom. The van der Waals surface area contributed by atoms with Crippen LogP contribution in [0.25, 0.3) is 6.08 Å². The van der Waals surface area contributed by atoms with E-state index in [1.54, 1.807) is 0 Å². The van der Waals surface area contributed by atoms with Crippen LogP contribution in [0.15, 0.2) is 36.1 Å². The van der Waals surface area contributed by atoms with E-state index in [1.807, 2.05) is 6.07 Å². The van der Waals surface area contributed by atoms with Crippen molar-refractivity contribution in [2.24, 2.45) is 0 Å². The van der Waals surface area contributed by atoms with Crippen LogP contribution in [0.3, 0.4) is 0 Å². The van der Waals surface area contributed by atoms with Gasteiger partial charge in [0.15, 0.2) is 0 Å². The average molecular weight is 389 g/mol. The molecular weight excluding hydrogens is 361 g/mol. The highest BCUT2D eigenvalue weighted by atomic mass is 28.4. The van der Waals surface area contributed by atoms with Crippen LogP contribution in [-0.4, -0.2) is 48.6 Å². The molecule has 0 amide bonds. The second-order valence-corrected chi connectivity index (χ2v) is 17.6. The van der Waals surface area contributed by atoms with Crippen molar-refractivity contribution >= 4 is 54.7 Å². The van der Waals surface area contributed by atoms with Crippen molar-refractivity contribution in [1.29, 1.82) is 0 Å². The summed E-state index contributed by atoms with van der Waals surface area (Å²) in [5.41, 5.74) is 1.20. The summed E-state index contributed by atoms with van der Waals surface area (Å²) in [6, 6.07) is 11.5. The van der Waals surface area contributed by atoms with E-state index >= 15 is 0 Å². The first-order valence-corrected chi connectivity index (χ1v) is 15.7. The molecule has 0 saturated heterocycles. The minimum Gasteiger partial charge on any atom is -0.547 e. The summed E-state index contributed by atoms with van der Waals surface area (Å²) in [6.45, 7) is 6.66. The van der Waals surface area contributed by atoms with E-state index in [1.165, 1.54) is 5.56 Å². The second kappa shape index (κ2) is 11.3. The maximum Gasteiger partial charge on any atom is 0.284 e. The van der Waals surface area contributed by atoms with Crippen LogP contribution < -0.4 is 0 Å². The lowest BCUT2D eigenvalue weighted by molar-refractivity contribution is 0.406. The van der Waals surface area contributed by atoms with E-state index in [2.05, 4.69) is 50.0 Å². The Morgan fingerprint density at radius 2 is 1.86 bits per heavy atom. The molecule has 0 atom stereocenters. The zero-order chi connectivity index (χ0) is 16.3. The first kappa shape index (κ1) is 19.8. The molecule has 9 heteroatoms. The Balaban J connectivity index is 2.44. The first-order valence-electron chi connectivity index (χ1n) is 7.60. The van der Waals surface area contributed by atoms with Gasteiger partial charge in [-0.3, -0.25) is 0 Å². The molecule has 0 aliphatic heterocycles. The molecule has 0 bridgehead atoms. The van der Waals surface area contributed by atoms with Crippen LogP contribution in [0.4, 0.5) is 0 Å². The molecule has 0 aliphatic rings. The number of benzene rings is 1. The lowest BCUT2D eigenvalue weighted by Crippen LogP contribution is -2.25. The number of hydrogen-bond donors (Lipinski definition) is 0. The largest absolute Gasteiger partial charge is 0.547 e. The molecule has 124 valence electrons. The minimum absolute atomic E-state index is 0.492. The zero-order valence-corrected chi connectivity index (χ0v) is 21.4. The molecule has 0 heterocycles. The third-order valence-corrected chi connectivity index (χ3v) is 8.26. The van der Waals surface area contributed by atoms with Crippen LogP contribution in [0, 0.1) is 0 Å². The van der Waals surface area contributed by atoms with Crippen LogP contribution in [-0.2, 0) is 16.8 Å². The fourth-order valence-corrected chi connectivity index (χ4v) is 8.56. The third-order valence-electron chi connectivity index (χ3n) is 2.64. The standard InChI is InChI=1S/C13H28O4Si5/c1-22(2,3)14-13(11-12-7-5-4-6-8-12)9-10-19-16-21-17-20-15-18/h4-8,11H,9-10,19-21H2,1-3,18H3. The van der Waals surface area contributed by atoms with Crippen molar-refractivity contribution in [1.82, 2.24) is 0 Å². The monoisotopic (exact) mass is 388 g/mol. The molecule has 0 unspecified atom stereocenters. The van der Waals surface area contributed by atoms with E-state index in [-0.39, 0.29) is 0 Å². The molecule has 1 rings (SSSR count). The van der Waals surface area contributed by atoms with Crippen LogP contribution >= 0.6 is 0 Å². The summed E-state index contributed by atoms with van der Waals surface area (Å²) in [6.07, 6.45) is 3.14. The summed E-state index contributed by atoms with van der Waals surface area (Å²) >= 11 is 0. The molecule has 0 spiro atoms. The van der Waals surface area contributed by atoms with Gasteiger partial charge in [0.25, 0.3) is 20.0 Å². The van der Waals surface area contributed by atoms with Crippen LogP contribution in [0.5, 0.6) is 0 Å². The van der Waals surface area contributed by atoms with Crippen molar-refractivity contribution in [2.75, 3.05) is 0 Å². The molecule has 0 saturated carbocycles. The molecule has 1 aromatic rings. The van der Waals surface area contributed by atoms with Gasteiger partial charge in [-0.15, -0.1) is 0 Å². The summed E-state index contributed by atoms with van der Waals surface area (Å²) in [5, 5.41) is 0. The predicted octanol–water partition coefficient (Wildman–Crippen LogP) is 0.0990. The fraction of sp³-hybridized carbons (Fsp3) is 0.385. The van der Waals surface area contributed by atoms with E-state index in [4.69, 9.17) is 16.8 Å². The fourth-order valence-electron chi connectivity index (χ4n) is 1.86. The number of hydrogen-bond acceptors (Lipinski definition) is 4. The molecule has 0 radical (unpaired) electrons. The minimum atomic E-state index is -1.58. The first-order chi connectivity index (χ1) is 10.5. The number of rotatable bonds is 11. The molecule has 0 N–H and O–H groups in total. The Hall–Kier alpha value is -0.276. The highest BCUT2D eigenvalue weighted by Gasteiger charge is 2.17. The average Bonchev–Trinajstić information content (AvgIpc) is 2.45. The summed E-state index contributed by atoms with van der Waals surface area (Å²) in [7, 11) is -2.75. The van der Waals surface area contributed by atoms with Gasteiger partial charge in [-0.2, -0.15) is 0 Å². The van der Waals surface area contributed by atoms with Gasteiger partial charge in [0, 0.05) is 6.42 Å². The Morgan fingerprint density at radius 3 is 2.50 bits per heavy atom. The van der Waals surface area contributed by atoms with Crippen LogP contribution in [0.2, 0.25) is 25.7 Å². The Labute approximate surface area is 145 Å². The van der Waals surface area contributed by atoms with Gasteiger partial charge in [-0.1, -0.05) is 30.3 Å². The zero-order valence-electron chi connectivity index (χ0n) is 14.1. The lowest BCUT2D eigenvalue weighted by atomic mass is 10.2. The smallest absolute Gasteiger partial charge is 0.284 e. The maximum absolute atomic E-state index is 6.23. The van der Waals surface area contributed by atoms with E-state index in [0.29, 0.717) is 0 Å². The molecule has 0 fully saturated rings. The van der Waals surface area contributed by atoms with Crippen LogP contribution in [0.1, 0.15) is 12.0 Å². The normalized spacial score (nSPS) is 14.2. The molecule has 22 heavy (non-hydrogen) atoms. The quantitative estimate of drug-likeness (QED) is 0.306. The SMILES string of the molecule is C[Si](C)(C)OC(=Cc1ccccc1)CC[SiH2]O[SiH2]O[SiH2]O[SiH3]. The maximum atomic E-state index is 6.23. The van der Waals surface area contributed by atoms with Gasteiger partial charge < -0.3 is 16.8 Å². The van der Waals surface area contributed by atoms with E-state index < -0.39 is 38.1 Å². The van der Waals surface area contributed by atoms with Gasteiger partial charge in [0.1, 0.15) is 20.2 Å². The molecular formula is C13H28O4Si5. The molecule has 0 aromatic heterocycles. The predicted molar refractivity (Wildman–Crippen MR) is 107 cm³/mol. The van der Waals surface area contributed by atoms with E-state index in [0.717, 1.165) is 28.7 Å². The van der Waals surface area contributed by atoms with Crippen molar-refractivity contribution < 1.29 is 16.8 Å². The van der Waals surface area contributed by atoms with Crippen molar-refractivity contribution in [2.45, 2.75) is 32.1 Å². The molecule has 0 aliphatic carbocycles.